The van der Waals surface area contributed by atoms with Gasteiger partial charge in [0.25, 0.3) is 5.91 Å². The summed E-state index contributed by atoms with van der Waals surface area (Å²) in [7, 11) is 0. The molecule has 4 aromatic rings. The second-order valence-corrected chi connectivity index (χ2v) is 8.01. The van der Waals surface area contributed by atoms with Crippen LogP contribution in [0.1, 0.15) is 16.7 Å². The molecule has 1 aromatic heterocycles. The van der Waals surface area contributed by atoms with Crippen LogP contribution >= 0.6 is 11.6 Å². The smallest absolute Gasteiger partial charge is 0.261 e. The number of hydrogen-bond donors (Lipinski definition) is 2. The summed E-state index contributed by atoms with van der Waals surface area (Å²) >= 11 is 6.11. The van der Waals surface area contributed by atoms with Crippen LogP contribution < -0.4 is 5.32 Å². The highest BCUT2D eigenvalue weighted by molar-refractivity contribution is 6.32. The Morgan fingerprint density at radius 2 is 1.79 bits per heavy atom. The van der Waals surface area contributed by atoms with E-state index in [-0.39, 0.29) is 11.4 Å². The van der Waals surface area contributed by atoms with Crippen molar-refractivity contribution in [2.24, 2.45) is 0 Å². The van der Waals surface area contributed by atoms with Crippen molar-refractivity contribution in [1.29, 1.82) is 5.26 Å². The van der Waals surface area contributed by atoms with Crippen molar-refractivity contribution >= 4 is 23.2 Å². The van der Waals surface area contributed by atoms with Crippen molar-refractivity contribution in [2.75, 3.05) is 5.32 Å². The Morgan fingerprint density at radius 3 is 2.48 bits per heavy atom. The molecule has 0 aliphatic heterocycles. The molecule has 0 radical (unpaired) electrons. The van der Waals surface area contributed by atoms with Crippen molar-refractivity contribution in [3.63, 3.8) is 0 Å². The summed E-state index contributed by atoms with van der Waals surface area (Å²) in [6.07, 6.45) is 3.53. The SMILES string of the molecule is N#Cc1ccc(NC(=O)C(O)(Cc2cccc(-c3cccnc3)c2)c2ccccc2)cc1Cl. The monoisotopic (exact) mass is 453 g/mol. The standard InChI is InChI=1S/C27H20ClN3O2/c28-25-15-24(12-11-21(25)17-29)31-26(32)27(33,23-9-2-1-3-10-23)16-19-6-4-7-20(14-19)22-8-5-13-30-18-22/h1-15,18,33H,16H2,(H,31,32). The first-order chi connectivity index (χ1) is 16.0. The average molecular weight is 454 g/mol. The molecule has 0 bridgehead atoms. The predicted octanol–water partition coefficient (Wildman–Crippen LogP) is 5.34. The van der Waals surface area contributed by atoms with E-state index in [1.807, 2.05) is 48.5 Å². The van der Waals surface area contributed by atoms with E-state index >= 15 is 0 Å². The zero-order valence-corrected chi connectivity index (χ0v) is 18.3. The fraction of sp³-hybridized carbons (Fsp3) is 0.0741. The van der Waals surface area contributed by atoms with Gasteiger partial charge >= 0.3 is 0 Å². The van der Waals surface area contributed by atoms with Crippen LogP contribution in [0.3, 0.4) is 0 Å². The number of pyridine rings is 1. The topological polar surface area (TPSA) is 86.0 Å². The maximum atomic E-state index is 13.4. The van der Waals surface area contributed by atoms with E-state index in [4.69, 9.17) is 16.9 Å². The second-order valence-electron chi connectivity index (χ2n) is 7.61. The largest absolute Gasteiger partial charge is 0.375 e. The molecule has 3 aromatic carbocycles. The van der Waals surface area contributed by atoms with Gasteiger partial charge in [0.15, 0.2) is 5.60 Å². The summed E-state index contributed by atoms with van der Waals surface area (Å²) in [5.41, 5.74) is 2.00. The highest BCUT2D eigenvalue weighted by Gasteiger charge is 2.38. The van der Waals surface area contributed by atoms with Crippen LogP contribution in [0.15, 0.2) is 97.3 Å². The first kappa shape index (κ1) is 22.2. The van der Waals surface area contributed by atoms with Gasteiger partial charge in [0, 0.05) is 24.5 Å². The van der Waals surface area contributed by atoms with Gasteiger partial charge < -0.3 is 10.4 Å². The van der Waals surface area contributed by atoms with Gasteiger partial charge in [0.1, 0.15) is 6.07 Å². The molecule has 162 valence electrons. The molecule has 1 heterocycles. The maximum Gasteiger partial charge on any atom is 0.261 e. The Hall–Kier alpha value is -3.98. The molecule has 4 rings (SSSR count). The number of nitrogens with one attached hydrogen (secondary N) is 1. The van der Waals surface area contributed by atoms with Crippen molar-refractivity contribution in [3.05, 3.63) is 119 Å². The lowest BCUT2D eigenvalue weighted by Gasteiger charge is -2.28. The molecule has 1 atom stereocenters. The van der Waals surface area contributed by atoms with Gasteiger partial charge in [-0.2, -0.15) is 5.26 Å². The van der Waals surface area contributed by atoms with Gasteiger partial charge in [0.05, 0.1) is 10.6 Å². The van der Waals surface area contributed by atoms with Crippen LogP contribution in [-0.4, -0.2) is 16.0 Å². The Morgan fingerprint density at radius 1 is 1.00 bits per heavy atom. The summed E-state index contributed by atoms with van der Waals surface area (Å²) in [6, 6.07) is 26.9. The van der Waals surface area contributed by atoms with E-state index in [9.17, 15) is 9.90 Å². The zero-order chi connectivity index (χ0) is 23.3. The molecule has 0 saturated heterocycles. The van der Waals surface area contributed by atoms with E-state index in [2.05, 4.69) is 10.3 Å². The van der Waals surface area contributed by atoms with Gasteiger partial charge in [-0.1, -0.05) is 72.3 Å². The Bertz CT molecular complexity index is 1320. The summed E-state index contributed by atoms with van der Waals surface area (Å²) in [5, 5.41) is 23.7. The van der Waals surface area contributed by atoms with Crippen molar-refractivity contribution in [2.45, 2.75) is 12.0 Å². The quantitative estimate of drug-likeness (QED) is 0.412. The van der Waals surface area contributed by atoms with Gasteiger partial charge in [0.2, 0.25) is 0 Å². The third-order valence-electron chi connectivity index (χ3n) is 5.36. The van der Waals surface area contributed by atoms with Crippen LogP contribution in [0.25, 0.3) is 11.1 Å². The van der Waals surface area contributed by atoms with Crippen LogP contribution in [0.5, 0.6) is 0 Å². The molecule has 0 spiro atoms. The maximum absolute atomic E-state index is 13.4. The van der Waals surface area contributed by atoms with E-state index in [0.717, 1.165) is 16.7 Å². The minimum absolute atomic E-state index is 0.0565. The second kappa shape index (κ2) is 9.66. The van der Waals surface area contributed by atoms with Crippen LogP contribution in [-0.2, 0) is 16.8 Å². The number of halogens is 1. The number of carbonyl (C=O) groups is 1. The van der Waals surface area contributed by atoms with Gasteiger partial charge in [-0.05, 0) is 46.5 Å². The number of nitrogens with zero attached hydrogens (tertiary/aromatic N) is 2. The first-order valence-corrected chi connectivity index (χ1v) is 10.7. The van der Waals surface area contributed by atoms with E-state index in [1.165, 1.54) is 12.1 Å². The van der Waals surface area contributed by atoms with E-state index in [0.29, 0.717) is 16.8 Å². The average Bonchev–Trinajstić information content (AvgIpc) is 2.85. The molecule has 0 aliphatic rings. The predicted molar refractivity (Wildman–Crippen MR) is 129 cm³/mol. The number of rotatable bonds is 6. The number of benzene rings is 3. The van der Waals surface area contributed by atoms with Gasteiger partial charge in [-0.25, -0.2) is 0 Å². The Balaban J connectivity index is 1.68. The number of anilines is 1. The number of amides is 1. The molecule has 5 nitrogen and oxygen atoms in total. The lowest BCUT2D eigenvalue weighted by atomic mass is 9.85. The van der Waals surface area contributed by atoms with E-state index < -0.39 is 11.5 Å². The van der Waals surface area contributed by atoms with Gasteiger partial charge in [-0.15, -0.1) is 0 Å². The molecular weight excluding hydrogens is 434 g/mol. The molecule has 6 heteroatoms. The van der Waals surface area contributed by atoms with Crippen molar-refractivity contribution < 1.29 is 9.90 Å². The molecular formula is C27H20ClN3O2. The fourth-order valence-corrected chi connectivity index (χ4v) is 3.86. The highest BCUT2D eigenvalue weighted by Crippen LogP contribution is 2.30. The summed E-state index contributed by atoms with van der Waals surface area (Å²) < 4.78 is 0. The van der Waals surface area contributed by atoms with E-state index in [1.54, 1.807) is 42.7 Å². The summed E-state index contributed by atoms with van der Waals surface area (Å²) in [5.74, 6) is -0.596. The third kappa shape index (κ3) is 4.93. The van der Waals surface area contributed by atoms with Crippen LogP contribution in [0.2, 0.25) is 5.02 Å². The van der Waals surface area contributed by atoms with Crippen LogP contribution in [0, 0.1) is 11.3 Å². The molecule has 1 unspecified atom stereocenters. The Labute approximate surface area is 196 Å². The number of carbonyl (C=O) groups excluding carboxylic acids is 1. The van der Waals surface area contributed by atoms with Gasteiger partial charge in [-0.3, -0.25) is 9.78 Å². The number of hydrogen-bond acceptors (Lipinski definition) is 4. The molecule has 33 heavy (non-hydrogen) atoms. The Kier molecular flexibility index (Phi) is 6.50. The number of aliphatic hydroxyl groups is 1. The third-order valence-corrected chi connectivity index (χ3v) is 5.67. The minimum Gasteiger partial charge on any atom is -0.375 e. The summed E-state index contributed by atoms with van der Waals surface area (Å²) in [6.45, 7) is 0. The molecule has 0 saturated carbocycles. The molecule has 0 aliphatic carbocycles. The summed E-state index contributed by atoms with van der Waals surface area (Å²) in [4.78, 5) is 17.5. The zero-order valence-electron chi connectivity index (χ0n) is 17.6. The first-order valence-electron chi connectivity index (χ1n) is 10.3. The van der Waals surface area contributed by atoms with Crippen molar-refractivity contribution in [3.8, 4) is 17.2 Å². The molecule has 0 fully saturated rings. The number of aromatic nitrogens is 1. The van der Waals surface area contributed by atoms with Crippen LogP contribution in [0.4, 0.5) is 5.69 Å². The normalized spacial score (nSPS) is 12.4. The number of nitriles is 1. The fourth-order valence-electron chi connectivity index (χ4n) is 3.64. The minimum atomic E-state index is -1.84. The lowest BCUT2D eigenvalue weighted by Crippen LogP contribution is -2.42. The highest BCUT2D eigenvalue weighted by atomic mass is 35.5. The van der Waals surface area contributed by atoms with Crippen molar-refractivity contribution in [1.82, 2.24) is 4.98 Å². The molecule has 2 N–H and O–H groups in total. The lowest BCUT2D eigenvalue weighted by molar-refractivity contribution is -0.135. The molecule has 1 amide bonds.